The molecule has 0 saturated heterocycles. The number of nitrogens with zero attached hydrogens (tertiary/aromatic N) is 1. The van der Waals surface area contributed by atoms with E-state index in [1.165, 1.54) is 4.21 Å². The summed E-state index contributed by atoms with van der Waals surface area (Å²) in [5, 5.41) is 3.61. The molecule has 0 unspecified atom stereocenters. The first-order chi connectivity index (χ1) is 8.19. The van der Waals surface area contributed by atoms with Crippen LogP contribution in [0.15, 0.2) is 16.4 Å². The standard InChI is InChI=1S/C12H16N2OS2/c1-8-11(16-2)17-12(13-8)14-10(15)7-9-5-3-4-6-9/h3,5,9H,4,6-7H2,1-2H3,(H,13,14,15)/t9-/m1/s1. The molecule has 2 rings (SSSR count). The highest BCUT2D eigenvalue weighted by Gasteiger charge is 2.15. The highest BCUT2D eigenvalue weighted by molar-refractivity contribution is 8.00. The van der Waals surface area contributed by atoms with Crippen molar-refractivity contribution in [2.24, 2.45) is 5.92 Å². The Morgan fingerprint density at radius 2 is 2.53 bits per heavy atom. The van der Waals surface area contributed by atoms with Gasteiger partial charge in [0.15, 0.2) is 5.13 Å². The number of aromatic nitrogens is 1. The summed E-state index contributed by atoms with van der Waals surface area (Å²) in [5.74, 6) is 0.485. The first-order valence-corrected chi connectivity index (χ1v) is 7.71. The number of carbonyl (C=O) groups excluding carboxylic acids is 1. The van der Waals surface area contributed by atoms with Gasteiger partial charge in [-0.3, -0.25) is 4.79 Å². The molecule has 0 fully saturated rings. The van der Waals surface area contributed by atoms with Crippen molar-refractivity contribution in [2.45, 2.75) is 30.4 Å². The molecular weight excluding hydrogens is 252 g/mol. The maximum atomic E-state index is 11.8. The summed E-state index contributed by atoms with van der Waals surface area (Å²) in [7, 11) is 0. The zero-order valence-corrected chi connectivity index (χ0v) is 11.7. The van der Waals surface area contributed by atoms with Crippen LogP contribution in [-0.2, 0) is 4.79 Å². The van der Waals surface area contributed by atoms with Crippen molar-refractivity contribution in [3.63, 3.8) is 0 Å². The maximum absolute atomic E-state index is 11.8. The summed E-state index contributed by atoms with van der Waals surface area (Å²) < 4.78 is 1.17. The van der Waals surface area contributed by atoms with Crippen molar-refractivity contribution >= 4 is 34.1 Å². The van der Waals surface area contributed by atoms with Crippen LogP contribution in [0.1, 0.15) is 25.0 Å². The largest absolute Gasteiger partial charge is 0.302 e. The van der Waals surface area contributed by atoms with Gasteiger partial charge in [-0.2, -0.15) is 0 Å². The zero-order chi connectivity index (χ0) is 12.3. The Morgan fingerprint density at radius 3 is 3.12 bits per heavy atom. The topological polar surface area (TPSA) is 42.0 Å². The minimum Gasteiger partial charge on any atom is -0.302 e. The highest BCUT2D eigenvalue weighted by atomic mass is 32.2. The molecule has 1 heterocycles. The molecule has 1 atom stereocenters. The van der Waals surface area contributed by atoms with E-state index in [1.807, 2.05) is 13.2 Å². The molecule has 1 aromatic rings. The second kappa shape index (κ2) is 5.69. The summed E-state index contributed by atoms with van der Waals surface area (Å²) in [5.41, 5.74) is 0.999. The van der Waals surface area contributed by atoms with Crippen LogP contribution < -0.4 is 5.32 Å². The van der Waals surface area contributed by atoms with Crippen LogP contribution in [0.5, 0.6) is 0 Å². The van der Waals surface area contributed by atoms with Crippen molar-refractivity contribution in [3.05, 3.63) is 17.8 Å². The number of amides is 1. The van der Waals surface area contributed by atoms with Crippen LogP contribution in [0.3, 0.4) is 0 Å². The average molecular weight is 268 g/mol. The minimum absolute atomic E-state index is 0.0722. The van der Waals surface area contributed by atoms with Crippen molar-refractivity contribution < 1.29 is 4.79 Å². The monoisotopic (exact) mass is 268 g/mol. The fourth-order valence-electron chi connectivity index (χ4n) is 1.90. The molecule has 5 heteroatoms. The highest BCUT2D eigenvalue weighted by Crippen LogP contribution is 2.30. The quantitative estimate of drug-likeness (QED) is 0.671. The predicted molar refractivity (Wildman–Crippen MR) is 73.7 cm³/mol. The first-order valence-electron chi connectivity index (χ1n) is 5.67. The number of thioether (sulfide) groups is 1. The lowest BCUT2D eigenvalue weighted by molar-refractivity contribution is -0.116. The van der Waals surface area contributed by atoms with Gasteiger partial charge >= 0.3 is 0 Å². The zero-order valence-electron chi connectivity index (χ0n) is 10.0. The number of aryl methyl sites for hydroxylation is 1. The second-order valence-corrected chi connectivity index (χ2v) is 6.19. The molecule has 92 valence electrons. The van der Waals surface area contributed by atoms with Gasteiger partial charge in [0, 0.05) is 6.42 Å². The second-order valence-electron chi connectivity index (χ2n) is 4.11. The van der Waals surface area contributed by atoms with Crippen molar-refractivity contribution in [1.29, 1.82) is 0 Å². The van der Waals surface area contributed by atoms with Crippen molar-refractivity contribution in [2.75, 3.05) is 11.6 Å². The molecule has 1 N–H and O–H groups in total. The summed E-state index contributed by atoms with van der Waals surface area (Å²) >= 11 is 3.22. The Balaban J connectivity index is 1.90. The van der Waals surface area contributed by atoms with Crippen molar-refractivity contribution in [3.8, 4) is 0 Å². The molecule has 0 radical (unpaired) electrons. The van der Waals surface area contributed by atoms with Gasteiger partial charge in [-0.05, 0) is 31.9 Å². The predicted octanol–water partition coefficient (Wildman–Crippen LogP) is 3.47. The molecule has 0 spiro atoms. The van der Waals surface area contributed by atoms with Crippen molar-refractivity contribution in [1.82, 2.24) is 4.98 Å². The molecule has 0 aliphatic heterocycles. The molecular formula is C12H16N2OS2. The van der Waals surface area contributed by atoms with E-state index in [-0.39, 0.29) is 5.91 Å². The van der Waals surface area contributed by atoms with Crippen LogP contribution in [0.2, 0.25) is 0 Å². The summed E-state index contributed by atoms with van der Waals surface area (Å²) in [6.45, 7) is 1.97. The average Bonchev–Trinajstić information content (AvgIpc) is 2.88. The number of thiazole rings is 1. The van der Waals surface area contributed by atoms with Gasteiger partial charge in [0.25, 0.3) is 0 Å². The number of rotatable bonds is 4. The lowest BCUT2D eigenvalue weighted by atomic mass is 10.1. The third-order valence-corrected chi connectivity index (χ3v) is 5.03. The van der Waals surface area contributed by atoms with Gasteiger partial charge in [0.2, 0.25) is 5.91 Å². The third kappa shape index (κ3) is 3.33. The van der Waals surface area contributed by atoms with E-state index in [1.54, 1.807) is 23.1 Å². The molecule has 1 aliphatic rings. The molecule has 17 heavy (non-hydrogen) atoms. The van der Waals surface area contributed by atoms with E-state index in [0.29, 0.717) is 12.3 Å². The van der Waals surface area contributed by atoms with Crippen LogP contribution in [0.25, 0.3) is 0 Å². The Morgan fingerprint density at radius 1 is 1.71 bits per heavy atom. The molecule has 0 saturated carbocycles. The van der Waals surface area contributed by atoms with Gasteiger partial charge in [-0.15, -0.1) is 11.8 Å². The fraction of sp³-hybridized carbons (Fsp3) is 0.500. The Bertz CT molecular complexity index is 440. The number of hydrogen-bond acceptors (Lipinski definition) is 4. The van der Waals surface area contributed by atoms with Gasteiger partial charge in [0.1, 0.15) is 0 Å². The first kappa shape index (κ1) is 12.6. The maximum Gasteiger partial charge on any atom is 0.226 e. The van der Waals surface area contributed by atoms with Crippen LogP contribution in [0.4, 0.5) is 5.13 Å². The van der Waals surface area contributed by atoms with Gasteiger partial charge in [0.05, 0.1) is 9.90 Å². The number of allylic oxidation sites excluding steroid dienone is 2. The van der Waals surface area contributed by atoms with Gasteiger partial charge in [-0.25, -0.2) is 4.98 Å². The van der Waals surface area contributed by atoms with Crippen LogP contribution in [-0.4, -0.2) is 17.1 Å². The van der Waals surface area contributed by atoms with Gasteiger partial charge < -0.3 is 5.32 Å². The number of carbonyl (C=O) groups is 1. The molecule has 0 bridgehead atoms. The molecule has 3 nitrogen and oxygen atoms in total. The lowest BCUT2D eigenvalue weighted by Crippen LogP contribution is -2.14. The molecule has 1 aromatic heterocycles. The third-order valence-electron chi connectivity index (χ3n) is 2.75. The Labute approximate surface area is 110 Å². The molecule has 1 aliphatic carbocycles. The Hall–Kier alpha value is -0.810. The summed E-state index contributed by atoms with van der Waals surface area (Å²) in [6, 6.07) is 0. The number of anilines is 1. The van der Waals surface area contributed by atoms with E-state index < -0.39 is 0 Å². The van der Waals surface area contributed by atoms with E-state index in [2.05, 4.69) is 22.5 Å². The SMILES string of the molecule is CSc1sc(NC(=O)C[C@@H]2C=CCC2)nc1C. The lowest BCUT2D eigenvalue weighted by Gasteiger charge is -2.06. The number of hydrogen-bond donors (Lipinski definition) is 1. The van der Waals surface area contributed by atoms with E-state index >= 15 is 0 Å². The summed E-state index contributed by atoms with van der Waals surface area (Å²) in [6.07, 6.45) is 9.09. The van der Waals surface area contributed by atoms with E-state index in [4.69, 9.17) is 0 Å². The van der Waals surface area contributed by atoms with Gasteiger partial charge in [-0.1, -0.05) is 23.5 Å². The Kier molecular flexibility index (Phi) is 4.23. The normalized spacial score (nSPS) is 18.6. The minimum atomic E-state index is 0.0722. The van der Waals surface area contributed by atoms with E-state index in [9.17, 15) is 4.79 Å². The van der Waals surface area contributed by atoms with Crippen LogP contribution >= 0.6 is 23.1 Å². The smallest absolute Gasteiger partial charge is 0.226 e. The molecule has 0 aromatic carbocycles. The fourth-order valence-corrected chi connectivity index (χ4v) is 3.53. The van der Waals surface area contributed by atoms with Crippen LogP contribution in [0, 0.1) is 12.8 Å². The van der Waals surface area contributed by atoms with E-state index in [0.717, 1.165) is 23.7 Å². The number of nitrogens with one attached hydrogen (secondary N) is 1. The summed E-state index contributed by atoms with van der Waals surface area (Å²) in [4.78, 5) is 16.1. The molecule has 1 amide bonds.